The molecule has 0 unspecified atom stereocenters. The number of rotatable bonds is 2. The second kappa shape index (κ2) is 4.39. The highest BCUT2D eigenvalue weighted by atomic mass is 16.2. The highest BCUT2D eigenvalue weighted by molar-refractivity contribution is 5.80. The molecule has 1 fully saturated rings. The zero-order valence-corrected chi connectivity index (χ0v) is 11.6. The molecule has 0 bridgehead atoms. The van der Waals surface area contributed by atoms with E-state index in [4.69, 9.17) is 5.73 Å². The molecule has 5 heteroatoms. The lowest BCUT2D eigenvalue weighted by molar-refractivity contribution is -0.133. The summed E-state index contributed by atoms with van der Waals surface area (Å²) in [5.41, 5.74) is 6.71. The zero-order valence-electron chi connectivity index (χ0n) is 11.6. The van der Waals surface area contributed by atoms with Gasteiger partial charge in [0.1, 0.15) is 0 Å². The minimum Gasteiger partial charge on any atom is -0.330 e. The van der Waals surface area contributed by atoms with Gasteiger partial charge >= 0.3 is 0 Å². The van der Waals surface area contributed by atoms with Gasteiger partial charge < -0.3 is 10.6 Å². The molecule has 2 rings (SSSR count). The Balaban J connectivity index is 2.41. The van der Waals surface area contributed by atoms with E-state index >= 15 is 0 Å². The predicted octanol–water partition coefficient (Wildman–Crippen LogP) is 1.07. The number of nitrogens with two attached hydrogens (primary N) is 1. The number of carbonyl (C=O) groups is 1. The Morgan fingerprint density at radius 2 is 2.17 bits per heavy atom. The summed E-state index contributed by atoms with van der Waals surface area (Å²) in [7, 11) is 1.89. The van der Waals surface area contributed by atoms with Gasteiger partial charge in [0.15, 0.2) is 0 Å². The van der Waals surface area contributed by atoms with Gasteiger partial charge in [-0.15, -0.1) is 0 Å². The summed E-state index contributed by atoms with van der Waals surface area (Å²) in [4.78, 5) is 14.2. The lowest BCUT2D eigenvalue weighted by atomic mass is 9.93. The minimum atomic E-state index is -0.193. The fourth-order valence-corrected chi connectivity index (χ4v) is 2.82. The van der Waals surface area contributed by atoms with Crippen molar-refractivity contribution >= 4 is 5.91 Å². The Kier molecular flexibility index (Phi) is 3.19. The van der Waals surface area contributed by atoms with Crippen LogP contribution in [-0.4, -0.2) is 32.7 Å². The molecule has 100 valence electrons. The predicted molar refractivity (Wildman–Crippen MR) is 69.7 cm³/mol. The minimum absolute atomic E-state index is 0.0520. The highest BCUT2D eigenvalue weighted by Crippen LogP contribution is 2.41. The van der Waals surface area contributed by atoms with Crippen LogP contribution < -0.4 is 5.73 Å². The first-order valence-electron chi connectivity index (χ1n) is 6.35. The Hall–Kier alpha value is -1.36. The molecule has 0 aliphatic carbocycles. The molecule has 1 amide bonds. The van der Waals surface area contributed by atoms with Crippen LogP contribution in [0.3, 0.4) is 0 Å². The molecule has 1 aromatic rings. The van der Waals surface area contributed by atoms with E-state index in [-0.39, 0.29) is 23.4 Å². The van der Waals surface area contributed by atoms with Gasteiger partial charge in [-0.25, -0.2) is 0 Å². The number of likely N-dealkylation sites (tertiary alicyclic amines) is 1. The summed E-state index contributed by atoms with van der Waals surface area (Å²) < 4.78 is 1.77. The molecule has 0 spiro atoms. The lowest BCUT2D eigenvalue weighted by Gasteiger charge is -2.38. The van der Waals surface area contributed by atoms with Gasteiger partial charge in [0.25, 0.3) is 0 Å². The molecule has 18 heavy (non-hydrogen) atoms. The third-order valence-corrected chi connectivity index (χ3v) is 3.52. The number of carbonyl (C=O) groups excluding carboxylic acids is 1. The van der Waals surface area contributed by atoms with Crippen LogP contribution in [0, 0.1) is 5.92 Å². The second-order valence-corrected chi connectivity index (χ2v) is 6.03. The van der Waals surface area contributed by atoms with Gasteiger partial charge in [0.05, 0.1) is 12.2 Å². The molecule has 1 aliphatic rings. The summed E-state index contributed by atoms with van der Waals surface area (Å²) >= 11 is 0. The van der Waals surface area contributed by atoms with Gasteiger partial charge in [0.2, 0.25) is 5.91 Å². The van der Waals surface area contributed by atoms with Crippen LogP contribution in [0.2, 0.25) is 0 Å². The monoisotopic (exact) mass is 250 g/mol. The third kappa shape index (κ3) is 2.14. The van der Waals surface area contributed by atoms with Gasteiger partial charge in [-0.3, -0.25) is 9.48 Å². The summed E-state index contributed by atoms with van der Waals surface area (Å²) in [6.45, 7) is 6.71. The summed E-state index contributed by atoms with van der Waals surface area (Å²) in [5.74, 6) is 0.368. The van der Waals surface area contributed by atoms with Gasteiger partial charge in [0, 0.05) is 36.7 Å². The Morgan fingerprint density at radius 3 is 2.61 bits per heavy atom. The van der Waals surface area contributed by atoms with E-state index in [1.54, 1.807) is 4.68 Å². The molecular weight excluding hydrogens is 228 g/mol. The molecule has 1 saturated heterocycles. The molecule has 2 atom stereocenters. The first-order chi connectivity index (χ1) is 8.34. The van der Waals surface area contributed by atoms with Crippen molar-refractivity contribution in [1.29, 1.82) is 0 Å². The van der Waals surface area contributed by atoms with Crippen molar-refractivity contribution in [3.8, 4) is 0 Å². The Morgan fingerprint density at radius 1 is 1.50 bits per heavy atom. The maximum absolute atomic E-state index is 12.2. The maximum Gasteiger partial charge on any atom is 0.223 e. The van der Waals surface area contributed by atoms with Crippen molar-refractivity contribution in [1.82, 2.24) is 14.7 Å². The van der Waals surface area contributed by atoms with Gasteiger partial charge in [-0.05, 0) is 27.3 Å². The maximum atomic E-state index is 12.2. The van der Waals surface area contributed by atoms with Crippen LogP contribution in [0.4, 0.5) is 0 Å². The average Bonchev–Trinajstić information content (AvgIpc) is 2.80. The smallest absolute Gasteiger partial charge is 0.223 e. The molecule has 2 N–H and O–H groups in total. The van der Waals surface area contributed by atoms with Crippen LogP contribution in [-0.2, 0) is 11.8 Å². The van der Waals surface area contributed by atoms with E-state index in [1.165, 1.54) is 0 Å². The number of aryl methyl sites for hydroxylation is 1. The van der Waals surface area contributed by atoms with E-state index in [9.17, 15) is 4.79 Å². The number of aromatic nitrogens is 2. The largest absolute Gasteiger partial charge is 0.330 e. The molecule has 1 aromatic heterocycles. The fraction of sp³-hybridized carbons (Fsp3) is 0.692. The van der Waals surface area contributed by atoms with Crippen LogP contribution >= 0.6 is 0 Å². The lowest BCUT2D eigenvalue weighted by Crippen LogP contribution is -2.44. The van der Waals surface area contributed by atoms with E-state index in [0.29, 0.717) is 13.0 Å². The summed E-state index contributed by atoms with van der Waals surface area (Å²) in [6.07, 6.45) is 4.35. The number of hydrogen-bond donors (Lipinski definition) is 1. The normalized spacial score (nSPS) is 24.9. The van der Waals surface area contributed by atoms with Gasteiger partial charge in [-0.1, -0.05) is 0 Å². The molecule has 1 aliphatic heterocycles. The number of hydrogen-bond acceptors (Lipinski definition) is 3. The van der Waals surface area contributed by atoms with E-state index in [2.05, 4.69) is 25.9 Å². The number of nitrogens with zero attached hydrogens (tertiary/aromatic N) is 3. The molecule has 5 nitrogen and oxygen atoms in total. The first kappa shape index (κ1) is 13.1. The van der Waals surface area contributed by atoms with Crippen LogP contribution in [0.1, 0.15) is 38.8 Å². The SMILES string of the molecule is Cn1cc([C@H]2[C@@H](CN)CC(=O)N2C(C)(C)C)cn1. The zero-order chi connectivity index (χ0) is 13.5. The van der Waals surface area contributed by atoms with E-state index < -0.39 is 0 Å². The van der Waals surface area contributed by atoms with Crippen molar-refractivity contribution in [2.24, 2.45) is 18.7 Å². The standard InChI is InChI=1S/C13H22N4O/c1-13(2,3)17-11(18)5-9(6-14)12(17)10-7-15-16(4)8-10/h7-9,12H,5-6,14H2,1-4H3/t9-,12-/m1/s1. The topological polar surface area (TPSA) is 64.2 Å². The molecule has 0 aromatic carbocycles. The molecular formula is C13H22N4O. The molecule has 2 heterocycles. The summed E-state index contributed by atoms with van der Waals surface area (Å²) in [6, 6.07) is 0.0520. The summed E-state index contributed by atoms with van der Waals surface area (Å²) in [5, 5.41) is 4.21. The Bertz CT molecular complexity index is 446. The first-order valence-corrected chi connectivity index (χ1v) is 6.35. The quantitative estimate of drug-likeness (QED) is 0.854. The van der Waals surface area contributed by atoms with Crippen molar-refractivity contribution in [2.75, 3.05) is 6.54 Å². The Labute approximate surface area is 108 Å². The second-order valence-electron chi connectivity index (χ2n) is 6.03. The van der Waals surface area contributed by atoms with Crippen molar-refractivity contribution < 1.29 is 4.79 Å². The highest BCUT2D eigenvalue weighted by Gasteiger charge is 2.45. The van der Waals surface area contributed by atoms with Crippen LogP contribution in [0.25, 0.3) is 0 Å². The average molecular weight is 250 g/mol. The van der Waals surface area contributed by atoms with Crippen LogP contribution in [0.15, 0.2) is 12.4 Å². The molecule has 0 saturated carbocycles. The van der Waals surface area contributed by atoms with E-state index in [1.807, 2.05) is 24.3 Å². The van der Waals surface area contributed by atoms with Crippen LogP contribution in [0.5, 0.6) is 0 Å². The van der Waals surface area contributed by atoms with Crippen molar-refractivity contribution in [3.05, 3.63) is 18.0 Å². The molecule has 0 radical (unpaired) electrons. The van der Waals surface area contributed by atoms with E-state index in [0.717, 1.165) is 5.56 Å². The third-order valence-electron chi connectivity index (χ3n) is 3.52. The van der Waals surface area contributed by atoms with Crippen molar-refractivity contribution in [2.45, 2.75) is 38.8 Å². The van der Waals surface area contributed by atoms with Gasteiger partial charge in [-0.2, -0.15) is 5.10 Å². The fourth-order valence-electron chi connectivity index (χ4n) is 2.82. The number of amides is 1. The van der Waals surface area contributed by atoms with Crippen molar-refractivity contribution in [3.63, 3.8) is 0 Å².